The average molecular weight is 504 g/mol. The van der Waals surface area contributed by atoms with Crippen molar-refractivity contribution in [3.05, 3.63) is 66.2 Å². The summed E-state index contributed by atoms with van der Waals surface area (Å²) in [6, 6.07) is 18.6. The van der Waals surface area contributed by atoms with Crippen LogP contribution in [0.15, 0.2) is 65.6 Å². The van der Waals surface area contributed by atoms with Crippen molar-refractivity contribution in [1.82, 2.24) is 9.29 Å². The molecular formula is C27H25N3O3S2. The molecular weight excluding hydrogens is 478 g/mol. The standard InChI is InChI=1S/C27H25N3O3S2/c1-16-13-17(2)15-30(14-16)35(32,33)20-11-9-19(10-12-20)26(31)29-27-28-24-21-7-3-5-18-6-4-8-22(23(18)21)25(24)34-27/h3-12,16-17H,13-15H2,1-2H3,(H,28,29,31). The van der Waals surface area contributed by atoms with E-state index in [0.717, 1.165) is 28.1 Å². The summed E-state index contributed by atoms with van der Waals surface area (Å²) in [5, 5.41) is 5.80. The van der Waals surface area contributed by atoms with Gasteiger partial charge in [-0.2, -0.15) is 4.31 Å². The maximum Gasteiger partial charge on any atom is 0.257 e. The molecule has 6 nitrogen and oxygen atoms in total. The Kier molecular flexibility index (Phi) is 5.28. The first kappa shape index (κ1) is 22.4. The zero-order valence-electron chi connectivity index (χ0n) is 19.5. The van der Waals surface area contributed by atoms with Crippen molar-refractivity contribution in [3.63, 3.8) is 0 Å². The second-order valence-electron chi connectivity index (χ2n) is 9.65. The van der Waals surface area contributed by atoms with Crippen LogP contribution in [0.4, 0.5) is 5.13 Å². The maximum absolute atomic E-state index is 13.1. The van der Waals surface area contributed by atoms with Gasteiger partial charge in [0.15, 0.2) is 5.13 Å². The predicted octanol–water partition coefficient (Wildman–Crippen LogP) is 5.86. The number of piperidine rings is 1. The highest BCUT2D eigenvalue weighted by molar-refractivity contribution is 7.89. The van der Waals surface area contributed by atoms with Gasteiger partial charge in [-0.25, -0.2) is 13.4 Å². The van der Waals surface area contributed by atoms with Gasteiger partial charge in [0, 0.05) is 29.8 Å². The molecule has 2 heterocycles. The van der Waals surface area contributed by atoms with Crippen LogP contribution < -0.4 is 5.32 Å². The number of rotatable bonds is 4. The third kappa shape index (κ3) is 3.76. The number of anilines is 1. The van der Waals surface area contributed by atoms with Crippen molar-refractivity contribution < 1.29 is 13.2 Å². The molecule has 8 heteroatoms. The van der Waals surface area contributed by atoms with E-state index in [9.17, 15) is 13.2 Å². The van der Waals surface area contributed by atoms with Gasteiger partial charge in [-0.15, -0.1) is 0 Å². The minimum atomic E-state index is -3.58. The Morgan fingerprint density at radius 1 is 0.971 bits per heavy atom. The molecule has 2 unspecified atom stereocenters. The third-order valence-electron chi connectivity index (χ3n) is 6.84. The molecule has 0 radical (unpaired) electrons. The molecule has 0 bridgehead atoms. The van der Waals surface area contributed by atoms with Crippen LogP contribution in [0.25, 0.3) is 32.5 Å². The molecule has 1 amide bonds. The van der Waals surface area contributed by atoms with E-state index in [1.807, 2.05) is 12.1 Å². The molecule has 0 spiro atoms. The summed E-state index contributed by atoms with van der Waals surface area (Å²) in [6.07, 6.45) is 1.03. The minimum absolute atomic E-state index is 0.216. The van der Waals surface area contributed by atoms with E-state index in [1.165, 1.54) is 34.2 Å². The Labute approximate surface area is 208 Å². The number of hydrogen-bond donors (Lipinski definition) is 1. The van der Waals surface area contributed by atoms with Crippen LogP contribution >= 0.6 is 11.3 Å². The van der Waals surface area contributed by atoms with Gasteiger partial charge in [0.2, 0.25) is 10.0 Å². The van der Waals surface area contributed by atoms with Crippen molar-refractivity contribution in [2.24, 2.45) is 11.8 Å². The fourth-order valence-corrected chi connectivity index (χ4v) is 8.05. The third-order valence-corrected chi connectivity index (χ3v) is 9.69. The van der Waals surface area contributed by atoms with Crippen LogP contribution in [-0.2, 0) is 10.0 Å². The van der Waals surface area contributed by atoms with E-state index in [2.05, 4.69) is 43.4 Å². The summed E-state index contributed by atoms with van der Waals surface area (Å²) >= 11 is 1.46. The lowest BCUT2D eigenvalue weighted by Gasteiger charge is -2.34. The van der Waals surface area contributed by atoms with Crippen molar-refractivity contribution in [2.75, 3.05) is 18.4 Å². The van der Waals surface area contributed by atoms with Crippen molar-refractivity contribution >= 4 is 43.2 Å². The number of sulfonamides is 1. The molecule has 2 atom stereocenters. The molecule has 6 rings (SSSR count). The molecule has 3 aromatic carbocycles. The van der Waals surface area contributed by atoms with Crippen LogP contribution in [0.3, 0.4) is 0 Å². The highest BCUT2D eigenvalue weighted by Crippen LogP contribution is 2.50. The monoisotopic (exact) mass is 503 g/mol. The topological polar surface area (TPSA) is 79.4 Å². The van der Waals surface area contributed by atoms with Crippen LogP contribution in [0.2, 0.25) is 0 Å². The molecule has 4 aromatic rings. The number of amides is 1. The summed E-state index contributed by atoms with van der Waals surface area (Å²) < 4.78 is 27.8. The van der Waals surface area contributed by atoms with Gasteiger partial charge >= 0.3 is 0 Å². The van der Waals surface area contributed by atoms with Crippen molar-refractivity contribution in [3.8, 4) is 21.7 Å². The van der Waals surface area contributed by atoms with E-state index < -0.39 is 10.0 Å². The van der Waals surface area contributed by atoms with Gasteiger partial charge in [-0.1, -0.05) is 61.6 Å². The van der Waals surface area contributed by atoms with Crippen LogP contribution in [0.1, 0.15) is 30.6 Å². The van der Waals surface area contributed by atoms with Gasteiger partial charge in [0.25, 0.3) is 5.91 Å². The molecule has 1 fully saturated rings. The summed E-state index contributed by atoms with van der Waals surface area (Å²) in [5.41, 5.74) is 3.51. The average Bonchev–Trinajstić information content (AvgIpc) is 3.38. The normalized spacial score (nSPS) is 19.6. The molecule has 1 aliphatic heterocycles. The number of nitrogens with zero attached hydrogens (tertiary/aromatic N) is 2. The molecule has 0 saturated carbocycles. The fraction of sp³-hybridized carbons (Fsp3) is 0.259. The van der Waals surface area contributed by atoms with Crippen molar-refractivity contribution in [2.45, 2.75) is 25.2 Å². The zero-order valence-corrected chi connectivity index (χ0v) is 21.1. The molecule has 1 aromatic heterocycles. The Morgan fingerprint density at radius 3 is 2.31 bits per heavy atom. The number of aromatic nitrogens is 1. The fourth-order valence-electron chi connectivity index (χ4n) is 5.36. The molecule has 1 aliphatic carbocycles. The quantitative estimate of drug-likeness (QED) is 0.333. The summed E-state index contributed by atoms with van der Waals surface area (Å²) in [7, 11) is -3.58. The summed E-state index contributed by atoms with van der Waals surface area (Å²) in [6.45, 7) is 5.22. The van der Waals surface area contributed by atoms with Gasteiger partial charge in [0.1, 0.15) is 0 Å². The first-order valence-corrected chi connectivity index (χ1v) is 14.0. The van der Waals surface area contributed by atoms with Crippen LogP contribution in [-0.4, -0.2) is 36.7 Å². The SMILES string of the molecule is CC1CC(C)CN(S(=O)(=O)c2ccc(C(=O)Nc3nc4c(s3)-c3cccc5cccc-4c35)cc2)C1. The highest BCUT2D eigenvalue weighted by Gasteiger charge is 2.32. The van der Waals surface area contributed by atoms with E-state index in [0.29, 0.717) is 35.6 Å². The Hall–Kier alpha value is -3.07. The van der Waals surface area contributed by atoms with Crippen LogP contribution in [0.5, 0.6) is 0 Å². The van der Waals surface area contributed by atoms with Gasteiger partial charge in [-0.05, 0) is 53.3 Å². The molecule has 2 aliphatic rings. The molecule has 1 N–H and O–H groups in total. The largest absolute Gasteiger partial charge is 0.298 e. The van der Waals surface area contributed by atoms with Gasteiger partial charge < -0.3 is 0 Å². The second kappa shape index (κ2) is 8.26. The molecule has 178 valence electrons. The Balaban J connectivity index is 1.22. The van der Waals surface area contributed by atoms with E-state index in [1.54, 1.807) is 16.4 Å². The molecule has 1 saturated heterocycles. The molecule has 35 heavy (non-hydrogen) atoms. The summed E-state index contributed by atoms with van der Waals surface area (Å²) in [4.78, 5) is 18.9. The Morgan fingerprint density at radius 2 is 1.63 bits per heavy atom. The number of nitrogens with one attached hydrogen (secondary N) is 1. The minimum Gasteiger partial charge on any atom is -0.298 e. The first-order chi connectivity index (χ1) is 16.8. The highest BCUT2D eigenvalue weighted by atomic mass is 32.2. The van der Waals surface area contributed by atoms with Crippen LogP contribution in [0, 0.1) is 11.8 Å². The zero-order chi connectivity index (χ0) is 24.3. The first-order valence-electron chi connectivity index (χ1n) is 11.8. The number of carbonyl (C=O) groups is 1. The van der Waals surface area contributed by atoms with Crippen molar-refractivity contribution in [1.29, 1.82) is 0 Å². The van der Waals surface area contributed by atoms with Gasteiger partial charge in [0.05, 0.1) is 15.5 Å². The lowest BCUT2D eigenvalue weighted by atomic mass is 9.94. The number of carbonyl (C=O) groups excluding carboxylic acids is 1. The number of benzene rings is 3. The number of thiazole rings is 1. The number of fused-ring (bicyclic) bond motifs is 3. The second-order valence-corrected chi connectivity index (χ2v) is 12.6. The number of hydrogen-bond acceptors (Lipinski definition) is 5. The van der Waals surface area contributed by atoms with E-state index in [-0.39, 0.29) is 10.8 Å². The lowest BCUT2D eigenvalue weighted by Crippen LogP contribution is -2.42. The lowest BCUT2D eigenvalue weighted by molar-refractivity contribution is 0.102. The maximum atomic E-state index is 13.1. The van der Waals surface area contributed by atoms with Gasteiger partial charge in [-0.3, -0.25) is 10.1 Å². The summed E-state index contributed by atoms with van der Waals surface area (Å²) in [5.74, 6) is 0.350. The predicted molar refractivity (Wildman–Crippen MR) is 140 cm³/mol. The Bertz CT molecular complexity index is 1510. The van der Waals surface area contributed by atoms with E-state index >= 15 is 0 Å². The smallest absolute Gasteiger partial charge is 0.257 e. The van der Waals surface area contributed by atoms with E-state index in [4.69, 9.17) is 4.98 Å².